The number of rotatable bonds is 6. The molecular formula is C28H27N3O4. The van der Waals surface area contributed by atoms with E-state index in [2.05, 4.69) is 33.4 Å². The summed E-state index contributed by atoms with van der Waals surface area (Å²) in [5.41, 5.74) is 4.67. The van der Waals surface area contributed by atoms with Crippen molar-refractivity contribution in [3.05, 3.63) is 83.9 Å². The highest BCUT2D eigenvalue weighted by atomic mass is 16.6. The van der Waals surface area contributed by atoms with E-state index >= 15 is 0 Å². The summed E-state index contributed by atoms with van der Waals surface area (Å²) in [7, 11) is 1.34. The molecule has 178 valence electrons. The van der Waals surface area contributed by atoms with Crippen molar-refractivity contribution in [2.75, 3.05) is 25.5 Å². The molecule has 1 fully saturated rings. The minimum absolute atomic E-state index is 0.357. The van der Waals surface area contributed by atoms with Crippen LogP contribution in [0.2, 0.25) is 0 Å². The van der Waals surface area contributed by atoms with Crippen LogP contribution in [0.1, 0.15) is 28.8 Å². The highest BCUT2D eigenvalue weighted by molar-refractivity contribution is 6.07. The third-order valence-electron chi connectivity index (χ3n) is 6.19. The molecule has 2 N–H and O–H groups in total. The lowest BCUT2D eigenvalue weighted by Crippen LogP contribution is -2.18. The number of para-hydroxylation sites is 1. The van der Waals surface area contributed by atoms with Crippen molar-refractivity contribution in [2.24, 2.45) is 0 Å². The zero-order chi connectivity index (χ0) is 24.2. The molecule has 0 saturated carbocycles. The molecule has 7 nitrogen and oxygen atoms in total. The average Bonchev–Trinajstić information content (AvgIpc) is 3.54. The van der Waals surface area contributed by atoms with E-state index < -0.39 is 12.1 Å². The third-order valence-corrected chi connectivity index (χ3v) is 6.19. The normalized spacial score (nSPS) is 13.6. The maximum Gasteiger partial charge on any atom is 0.417 e. The van der Waals surface area contributed by atoms with Gasteiger partial charge in [-0.25, -0.2) is 9.59 Å². The van der Waals surface area contributed by atoms with Gasteiger partial charge < -0.3 is 14.5 Å². The van der Waals surface area contributed by atoms with Crippen molar-refractivity contribution in [1.82, 2.24) is 9.88 Å². The average molecular weight is 470 g/mol. The van der Waals surface area contributed by atoms with Gasteiger partial charge in [0.25, 0.3) is 0 Å². The molecule has 0 spiro atoms. The monoisotopic (exact) mass is 469 g/mol. The SMILES string of the molecule is COC(=O)c1cc(NC(=O)Oc2ccccc2)cc2[nH]c(-c3cccc(CN4CCCC4)c3)cc12. The molecule has 1 amide bonds. The minimum Gasteiger partial charge on any atom is -0.465 e. The van der Waals surface area contributed by atoms with Crippen LogP contribution in [0.25, 0.3) is 22.2 Å². The van der Waals surface area contributed by atoms with Crippen LogP contribution in [0.4, 0.5) is 10.5 Å². The summed E-state index contributed by atoms with van der Waals surface area (Å²) in [6.45, 7) is 3.21. The lowest BCUT2D eigenvalue weighted by molar-refractivity contribution is 0.0603. The second kappa shape index (κ2) is 10.0. The van der Waals surface area contributed by atoms with Crippen molar-refractivity contribution in [3.8, 4) is 17.0 Å². The van der Waals surface area contributed by atoms with Gasteiger partial charge in [0.2, 0.25) is 0 Å². The molecule has 0 bridgehead atoms. The zero-order valence-electron chi connectivity index (χ0n) is 19.5. The van der Waals surface area contributed by atoms with Crippen molar-refractivity contribution in [2.45, 2.75) is 19.4 Å². The van der Waals surface area contributed by atoms with Crippen LogP contribution in [0, 0.1) is 0 Å². The highest BCUT2D eigenvalue weighted by Crippen LogP contribution is 2.31. The number of H-pyrrole nitrogens is 1. The number of ether oxygens (including phenoxy) is 2. The number of methoxy groups -OCH3 is 1. The summed E-state index contributed by atoms with van der Waals surface area (Å²) in [5, 5.41) is 3.43. The quantitative estimate of drug-likeness (QED) is 0.347. The fourth-order valence-corrected chi connectivity index (χ4v) is 4.52. The number of nitrogens with zero attached hydrogens (tertiary/aromatic N) is 1. The van der Waals surface area contributed by atoms with Crippen molar-refractivity contribution >= 4 is 28.7 Å². The fraction of sp³-hybridized carbons (Fsp3) is 0.214. The lowest BCUT2D eigenvalue weighted by Gasteiger charge is -2.14. The molecule has 1 aromatic heterocycles. The third kappa shape index (κ3) is 5.20. The summed E-state index contributed by atoms with van der Waals surface area (Å²) >= 11 is 0. The van der Waals surface area contributed by atoms with Gasteiger partial charge >= 0.3 is 12.1 Å². The minimum atomic E-state index is -0.646. The number of benzene rings is 3. The van der Waals surface area contributed by atoms with Crippen LogP contribution in [0.5, 0.6) is 5.75 Å². The van der Waals surface area contributed by atoms with E-state index in [0.29, 0.717) is 22.5 Å². The Balaban J connectivity index is 1.44. The van der Waals surface area contributed by atoms with E-state index in [1.807, 2.05) is 18.2 Å². The Morgan fingerprint density at radius 3 is 2.54 bits per heavy atom. The van der Waals surface area contributed by atoms with Gasteiger partial charge in [-0.15, -0.1) is 0 Å². The van der Waals surface area contributed by atoms with Crippen LogP contribution in [0.3, 0.4) is 0 Å². The number of esters is 1. The Kier molecular flexibility index (Phi) is 6.50. The van der Waals surface area contributed by atoms with Gasteiger partial charge in [0, 0.05) is 28.8 Å². The van der Waals surface area contributed by atoms with Crippen LogP contribution in [-0.4, -0.2) is 42.1 Å². The predicted molar refractivity (Wildman–Crippen MR) is 136 cm³/mol. The molecule has 4 aromatic rings. The molecule has 1 aliphatic rings. The van der Waals surface area contributed by atoms with Crippen molar-refractivity contribution < 1.29 is 19.1 Å². The summed E-state index contributed by atoms with van der Waals surface area (Å²) in [4.78, 5) is 30.8. The van der Waals surface area contributed by atoms with Gasteiger partial charge in [-0.05, 0) is 73.5 Å². The molecule has 0 atom stereocenters. The second-order valence-electron chi connectivity index (χ2n) is 8.67. The molecule has 0 unspecified atom stereocenters. The van der Waals surface area contributed by atoms with E-state index in [0.717, 1.165) is 36.3 Å². The first-order chi connectivity index (χ1) is 17.1. The lowest BCUT2D eigenvalue weighted by atomic mass is 10.1. The first-order valence-corrected chi connectivity index (χ1v) is 11.7. The Labute approximate surface area is 203 Å². The number of carbonyl (C=O) groups excluding carboxylic acids is 2. The van der Waals surface area contributed by atoms with Gasteiger partial charge in [0.15, 0.2) is 0 Å². The maximum absolute atomic E-state index is 12.6. The summed E-state index contributed by atoms with van der Waals surface area (Å²) in [5.74, 6) is -0.0568. The second-order valence-corrected chi connectivity index (χ2v) is 8.67. The number of aromatic nitrogens is 1. The summed E-state index contributed by atoms with van der Waals surface area (Å²) in [6, 6.07) is 22.5. The van der Waals surface area contributed by atoms with Crippen LogP contribution >= 0.6 is 0 Å². The molecule has 7 heteroatoms. The summed E-state index contributed by atoms with van der Waals surface area (Å²) in [6.07, 6.45) is 1.87. The van der Waals surface area contributed by atoms with Crippen molar-refractivity contribution in [3.63, 3.8) is 0 Å². The van der Waals surface area contributed by atoms with Gasteiger partial charge in [0.05, 0.1) is 12.7 Å². The molecule has 1 saturated heterocycles. The Morgan fingerprint density at radius 1 is 0.971 bits per heavy atom. The van der Waals surface area contributed by atoms with E-state index in [-0.39, 0.29) is 0 Å². The van der Waals surface area contributed by atoms with Gasteiger partial charge in [0.1, 0.15) is 5.75 Å². The van der Waals surface area contributed by atoms with Crippen LogP contribution < -0.4 is 10.1 Å². The number of hydrogen-bond donors (Lipinski definition) is 2. The molecular weight excluding hydrogens is 442 g/mol. The van der Waals surface area contributed by atoms with E-state index in [9.17, 15) is 9.59 Å². The zero-order valence-corrected chi connectivity index (χ0v) is 19.5. The molecule has 0 aliphatic carbocycles. The number of nitrogens with one attached hydrogen (secondary N) is 2. The largest absolute Gasteiger partial charge is 0.465 e. The number of amides is 1. The first kappa shape index (κ1) is 22.7. The standard InChI is InChI=1S/C28H27N3O4/c1-34-27(32)24-15-21(29-28(33)35-22-10-3-2-4-11-22)16-26-23(24)17-25(30-26)20-9-7-8-19(14-20)18-31-12-5-6-13-31/h2-4,7-11,14-17,30H,5-6,12-13,18H2,1H3,(H,29,33). The van der Waals surface area contributed by atoms with Crippen LogP contribution in [-0.2, 0) is 11.3 Å². The molecule has 2 heterocycles. The molecule has 1 aliphatic heterocycles. The Hall–Kier alpha value is -4.10. The Bertz CT molecular complexity index is 1360. The van der Waals surface area contributed by atoms with Gasteiger partial charge in [-0.1, -0.05) is 36.4 Å². The first-order valence-electron chi connectivity index (χ1n) is 11.7. The van der Waals surface area contributed by atoms with E-state index in [1.54, 1.807) is 36.4 Å². The number of carbonyl (C=O) groups is 2. The van der Waals surface area contributed by atoms with E-state index in [1.165, 1.54) is 25.5 Å². The number of aromatic amines is 1. The topological polar surface area (TPSA) is 83.7 Å². The molecule has 5 rings (SSSR count). The smallest absolute Gasteiger partial charge is 0.417 e. The maximum atomic E-state index is 12.6. The van der Waals surface area contributed by atoms with Gasteiger partial charge in [-0.2, -0.15) is 0 Å². The van der Waals surface area contributed by atoms with Crippen molar-refractivity contribution in [1.29, 1.82) is 0 Å². The number of anilines is 1. The predicted octanol–water partition coefficient (Wildman–Crippen LogP) is 5.83. The molecule has 35 heavy (non-hydrogen) atoms. The highest BCUT2D eigenvalue weighted by Gasteiger charge is 2.18. The van der Waals surface area contributed by atoms with Gasteiger partial charge in [-0.3, -0.25) is 10.2 Å². The van der Waals surface area contributed by atoms with E-state index in [4.69, 9.17) is 9.47 Å². The summed E-state index contributed by atoms with van der Waals surface area (Å²) < 4.78 is 10.3. The number of fused-ring (bicyclic) bond motifs is 1. The molecule has 0 radical (unpaired) electrons. The van der Waals surface area contributed by atoms with Crippen LogP contribution in [0.15, 0.2) is 72.8 Å². The number of hydrogen-bond acceptors (Lipinski definition) is 5. The number of likely N-dealkylation sites (tertiary alicyclic amines) is 1. The molecule has 3 aromatic carbocycles. The Morgan fingerprint density at radius 2 is 1.77 bits per heavy atom. The fourth-order valence-electron chi connectivity index (χ4n) is 4.52.